The zero-order valence-corrected chi connectivity index (χ0v) is 9.66. The van der Waals surface area contributed by atoms with Crippen molar-refractivity contribution in [1.82, 2.24) is 4.98 Å². The summed E-state index contributed by atoms with van der Waals surface area (Å²) in [6.07, 6.45) is 0. The fourth-order valence-electron chi connectivity index (χ4n) is 1.05. The molecule has 0 fully saturated rings. The third kappa shape index (κ3) is 2.29. The topological polar surface area (TPSA) is 75.9 Å². The van der Waals surface area contributed by atoms with Crippen LogP contribution >= 0.6 is 11.8 Å². The van der Waals surface area contributed by atoms with Gasteiger partial charge in [0, 0.05) is 0 Å². The minimum Gasteiger partial charge on any atom is -0.444 e. The van der Waals surface area contributed by atoms with Crippen molar-refractivity contribution in [3.8, 4) is 0 Å². The fourth-order valence-corrected chi connectivity index (χ4v) is 1.77. The fraction of sp³-hybridized carbons (Fsp3) is 0.556. The Bertz CT molecular complexity index is 337. The molecule has 0 aromatic carbocycles. The van der Waals surface area contributed by atoms with Gasteiger partial charge in [0.2, 0.25) is 5.89 Å². The molecule has 0 amide bonds. The van der Waals surface area contributed by atoms with E-state index in [9.17, 15) is 0 Å². The summed E-state index contributed by atoms with van der Waals surface area (Å²) in [6.45, 7) is 7.64. The Kier molecular flexibility index (Phi) is 2.89. The molecule has 0 saturated carbocycles. The van der Waals surface area contributed by atoms with Crippen molar-refractivity contribution in [3.05, 3.63) is 17.3 Å². The molecule has 0 bridgehead atoms. The Balaban J connectivity index is 2.97. The molecule has 3 N–H and O–H groups in total. The molecule has 1 aromatic rings. The first-order chi connectivity index (χ1) is 6.33. The smallest absolute Gasteiger partial charge is 0.210 e. The number of oxazole rings is 1. The van der Waals surface area contributed by atoms with E-state index >= 15 is 0 Å². The molecular weight excluding hydrogens is 198 g/mol. The van der Waals surface area contributed by atoms with E-state index in [4.69, 9.17) is 15.6 Å². The number of aromatic nitrogens is 1. The molecule has 14 heavy (non-hydrogen) atoms. The molecule has 0 atom stereocenters. The van der Waals surface area contributed by atoms with Crippen molar-refractivity contribution in [2.45, 2.75) is 32.4 Å². The Morgan fingerprint density at radius 1 is 1.50 bits per heavy atom. The van der Waals surface area contributed by atoms with Gasteiger partial charge in [-0.3, -0.25) is 5.41 Å². The van der Waals surface area contributed by atoms with E-state index in [1.54, 1.807) is 0 Å². The number of aryl methyl sites for hydroxylation is 2. The monoisotopic (exact) mass is 213 g/mol. The molecule has 1 rings (SSSR count). The number of nitrogens with one attached hydrogen (secondary N) is 1. The molecule has 0 aliphatic rings. The average molecular weight is 213 g/mol. The SMILES string of the molecule is Cc1nc(C(C)(C)SC(=N)N)oc1C. The number of hydrogen-bond donors (Lipinski definition) is 2. The molecule has 0 aliphatic carbocycles. The van der Waals surface area contributed by atoms with Gasteiger partial charge >= 0.3 is 0 Å². The van der Waals surface area contributed by atoms with Crippen molar-refractivity contribution in [3.63, 3.8) is 0 Å². The molecule has 0 saturated heterocycles. The van der Waals surface area contributed by atoms with E-state index in [2.05, 4.69) is 4.98 Å². The molecule has 5 heteroatoms. The highest BCUT2D eigenvalue weighted by Gasteiger charge is 2.28. The summed E-state index contributed by atoms with van der Waals surface area (Å²) in [7, 11) is 0. The zero-order chi connectivity index (χ0) is 10.9. The number of nitrogens with two attached hydrogens (primary N) is 1. The van der Waals surface area contributed by atoms with Crippen molar-refractivity contribution in [2.24, 2.45) is 5.73 Å². The number of thioether (sulfide) groups is 1. The molecule has 78 valence electrons. The van der Waals surface area contributed by atoms with Gasteiger partial charge in [0.05, 0.1) is 10.4 Å². The normalized spacial score (nSPS) is 11.7. The molecule has 0 radical (unpaired) electrons. The Morgan fingerprint density at radius 2 is 2.07 bits per heavy atom. The van der Waals surface area contributed by atoms with Crippen LogP contribution in [-0.2, 0) is 4.75 Å². The standard InChI is InChI=1S/C9H15N3OS/c1-5-6(2)13-7(12-5)9(3,4)14-8(10)11/h1-4H3,(H3,10,11). The van der Waals surface area contributed by atoms with Crippen LogP contribution in [0.4, 0.5) is 0 Å². The van der Waals surface area contributed by atoms with Crippen LogP contribution < -0.4 is 5.73 Å². The average Bonchev–Trinajstić information content (AvgIpc) is 2.30. The van der Waals surface area contributed by atoms with Gasteiger partial charge in [0.15, 0.2) is 5.17 Å². The summed E-state index contributed by atoms with van der Waals surface area (Å²) in [4.78, 5) is 4.30. The summed E-state index contributed by atoms with van der Waals surface area (Å²) in [5, 5.41) is 7.30. The summed E-state index contributed by atoms with van der Waals surface area (Å²) in [5.41, 5.74) is 6.22. The lowest BCUT2D eigenvalue weighted by molar-refractivity contribution is 0.434. The quantitative estimate of drug-likeness (QED) is 0.583. The van der Waals surface area contributed by atoms with E-state index in [-0.39, 0.29) is 9.91 Å². The van der Waals surface area contributed by atoms with Gasteiger partial charge in [-0.15, -0.1) is 0 Å². The lowest BCUT2D eigenvalue weighted by Gasteiger charge is -2.18. The van der Waals surface area contributed by atoms with E-state index in [0.717, 1.165) is 11.5 Å². The van der Waals surface area contributed by atoms with Crippen LogP contribution in [0.25, 0.3) is 0 Å². The van der Waals surface area contributed by atoms with Crippen LogP contribution in [0.3, 0.4) is 0 Å². The van der Waals surface area contributed by atoms with Gasteiger partial charge < -0.3 is 10.2 Å². The van der Waals surface area contributed by atoms with Crippen molar-refractivity contribution < 1.29 is 4.42 Å². The van der Waals surface area contributed by atoms with E-state index in [1.807, 2.05) is 27.7 Å². The lowest BCUT2D eigenvalue weighted by Crippen LogP contribution is -2.19. The maximum absolute atomic E-state index is 7.23. The molecular formula is C9H15N3OS. The minimum absolute atomic E-state index is 0.0727. The minimum atomic E-state index is -0.384. The van der Waals surface area contributed by atoms with Crippen molar-refractivity contribution in [2.75, 3.05) is 0 Å². The van der Waals surface area contributed by atoms with Crippen LogP contribution in [0.1, 0.15) is 31.2 Å². The van der Waals surface area contributed by atoms with E-state index < -0.39 is 0 Å². The lowest BCUT2D eigenvalue weighted by atomic mass is 10.2. The third-order valence-electron chi connectivity index (χ3n) is 1.91. The third-order valence-corrected chi connectivity index (χ3v) is 2.81. The Labute approximate surface area is 87.8 Å². The van der Waals surface area contributed by atoms with Crippen LogP contribution in [0.2, 0.25) is 0 Å². The number of amidine groups is 1. The maximum Gasteiger partial charge on any atom is 0.210 e. The number of rotatable bonds is 2. The van der Waals surface area contributed by atoms with Crippen LogP contribution in [0.15, 0.2) is 4.42 Å². The second-order valence-electron chi connectivity index (χ2n) is 3.64. The predicted octanol–water partition coefficient (Wildman–Crippen LogP) is 2.15. The summed E-state index contributed by atoms with van der Waals surface area (Å²) in [5.74, 6) is 1.44. The Hall–Kier alpha value is -0.970. The van der Waals surface area contributed by atoms with E-state index in [0.29, 0.717) is 5.89 Å². The summed E-state index contributed by atoms with van der Waals surface area (Å²) < 4.78 is 5.11. The van der Waals surface area contributed by atoms with Gasteiger partial charge in [-0.2, -0.15) is 0 Å². The van der Waals surface area contributed by atoms with Gasteiger partial charge in [0.1, 0.15) is 5.76 Å². The zero-order valence-electron chi connectivity index (χ0n) is 8.84. The van der Waals surface area contributed by atoms with Gasteiger partial charge in [0.25, 0.3) is 0 Å². The highest BCUT2D eigenvalue weighted by atomic mass is 32.2. The van der Waals surface area contributed by atoms with Crippen LogP contribution in [0, 0.1) is 19.3 Å². The highest BCUT2D eigenvalue weighted by molar-refractivity contribution is 8.14. The molecule has 1 aromatic heterocycles. The molecule has 0 spiro atoms. The van der Waals surface area contributed by atoms with Gasteiger partial charge in [-0.05, 0) is 27.7 Å². The molecule has 0 unspecified atom stereocenters. The summed E-state index contributed by atoms with van der Waals surface area (Å²) in [6, 6.07) is 0. The Morgan fingerprint density at radius 3 is 2.43 bits per heavy atom. The largest absolute Gasteiger partial charge is 0.444 e. The van der Waals surface area contributed by atoms with Crippen molar-refractivity contribution in [1.29, 1.82) is 5.41 Å². The van der Waals surface area contributed by atoms with E-state index in [1.165, 1.54) is 11.8 Å². The predicted molar refractivity (Wildman–Crippen MR) is 58.5 cm³/mol. The van der Waals surface area contributed by atoms with Crippen LogP contribution in [0.5, 0.6) is 0 Å². The number of nitrogens with zero attached hydrogens (tertiary/aromatic N) is 1. The first-order valence-corrected chi connectivity index (χ1v) is 5.12. The van der Waals surface area contributed by atoms with Crippen LogP contribution in [-0.4, -0.2) is 10.2 Å². The second-order valence-corrected chi connectivity index (χ2v) is 5.30. The molecule has 0 aliphatic heterocycles. The second kappa shape index (κ2) is 3.65. The van der Waals surface area contributed by atoms with Gasteiger partial charge in [-0.1, -0.05) is 11.8 Å². The number of hydrogen-bond acceptors (Lipinski definition) is 4. The molecule has 4 nitrogen and oxygen atoms in total. The maximum atomic E-state index is 7.23. The molecule has 1 heterocycles. The first kappa shape index (κ1) is 11.1. The van der Waals surface area contributed by atoms with Gasteiger partial charge in [-0.25, -0.2) is 4.98 Å². The van der Waals surface area contributed by atoms with Crippen molar-refractivity contribution >= 4 is 16.9 Å². The first-order valence-electron chi connectivity index (χ1n) is 4.30. The highest BCUT2D eigenvalue weighted by Crippen LogP contribution is 2.35. The summed E-state index contributed by atoms with van der Waals surface area (Å²) >= 11 is 1.24.